The van der Waals surface area contributed by atoms with Crippen LogP contribution in [-0.2, 0) is 4.79 Å². The number of hydrogen-bond donors (Lipinski definition) is 1. The Morgan fingerprint density at radius 1 is 1.18 bits per heavy atom. The van der Waals surface area contributed by atoms with E-state index in [2.05, 4.69) is 0 Å². The first-order valence-electron chi connectivity index (χ1n) is 6.40. The van der Waals surface area contributed by atoms with Crippen LogP contribution in [0.3, 0.4) is 0 Å². The maximum atomic E-state index is 12.1. The summed E-state index contributed by atoms with van der Waals surface area (Å²) < 4.78 is 0. The van der Waals surface area contributed by atoms with E-state index in [4.69, 9.17) is 0 Å². The number of phenolic OH excluding ortho intramolecular Hbond substituents is 1. The summed E-state index contributed by atoms with van der Waals surface area (Å²) >= 11 is 1.36. The van der Waals surface area contributed by atoms with Gasteiger partial charge in [0.25, 0.3) is 5.69 Å². The molecule has 0 aromatic heterocycles. The molecule has 0 saturated carbocycles. The molecular weight excluding hydrogens is 304 g/mol. The molecule has 0 saturated heterocycles. The zero-order chi connectivity index (χ0) is 16.1. The van der Waals surface area contributed by atoms with Crippen LogP contribution in [0, 0.1) is 10.1 Å². The fourth-order valence-corrected chi connectivity index (χ4v) is 2.54. The van der Waals surface area contributed by atoms with Crippen molar-refractivity contribution in [3.05, 3.63) is 58.6 Å². The highest BCUT2D eigenvalue weighted by atomic mass is 32.2. The van der Waals surface area contributed by atoms with E-state index in [0.29, 0.717) is 5.69 Å². The molecule has 22 heavy (non-hydrogen) atoms. The Morgan fingerprint density at radius 3 is 2.32 bits per heavy atom. The van der Waals surface area contributed by atoms with Crippen LogP contribution in [0.1, 0.15) is 0 Å². The summed E-state index contributed by atoms with van der Waals surface area (Å²) in [5.74, 6) is 0.295. The number of carbonyl (C=O) groups is 1. The van der Waals surface area contributed by atoms with Crippen molar-refractivity contribution < 1.29 is 14.8 Å². The third-order valence-electron chi connectivity index (χ3n) is 3.02. The van der Waals surface area contributed by atoms with E-state index in [1.54, 1.807) is 43.4 Å². The molecule has 114 valence electrons. The van der Waals surface area contributed by atoms with Crippen molar-refractivity contribution in [2.45, 2.75) is 4.90 Å². The minimum Gasteiger partial charge on any atom is -0.508 e. The van der Waals surface area contributed by atoms with Crippen molar-refractivity contribution >= 4 is 29.0 Å². The first-order valence-corrected chi connectivity index (χ1v) is 7.39. The second-order valence-corrected chi connectivity index (χ2v) is 5.56. The van der Waals surface area contributed by atoms with Gasteiger partial charge in [-0.05, 0) is 36.4 Å². The van der Waals surface area contributed by atoms with Gasteiger partial charge in [-0.1, -0.05) is 0 Å². The van der Waals surface area contributed by atoms with Crippen molar-refractivity contribution in [1.82, 2.24) is 0 Å². The van der Waals surface area contributed by atoms with Gasteiger partial charge in [0.05, 0.1) is 10.7 Å². The summed E-state index contributed by atoms with van der Waals surface area (Å²) in [5.41, 5.74) is 0.588. The number of carbonyl (C=O) groups excluding carboxylic acids is 1. The normalized spacial score (nSPS) is 10.2. The average Bonchev–Trinajstić information content (AvgIpc) is 2.53. The largest absolute Gasteiger partial charge is 0.508 e. The van der Waals surface area contributed by atoms with Gasteiger partial charge in [0, 0.05) is 29.8 Å². The molecule has 0 bridgehead atoms. The van der Waals surface area contributed by atoms with Crippen LogP contribution in [0.25, 0.3) is 0 Å². The molecule has 0 heterocycles. The molecule has 2 aromatic carbocycles. The summed E-state index contributed by atoms with van der Waals surface area (Å²) in [6.45, 7) is 0. The van der Waals surface area contributed by atoms with E-state index >= 15 is 0 Å². The Kier molecular flexibility index (Phi) is 5.00. The van der Waals surface area contributed by atoms with E-state index < -0.39 is 4.92 Å². The lowest BCUT2D eigenvalue weighted by atomic mass is 10.2. The second kappa shape index (κ2) is 6.95. The number of nitrogens with zero attached hydrogens (tertiary/aromatic N) is 2. The Bertz CT molecular complexity index is 671. The highest BCUT2D eigenvalue weighted by molar-refractivity contribution is 8.00. The van der Waals surface area contributed by atoms with Gasteiger partial charge in [-0.25, -0.2) is 0 Å². The molecule has 6 nitrogen and oxygen atoms in total. The molecule has 0 aliphatic carbocycles. The van der Waals surface area contributed by atoms with Crippen LogP contribution in [0.2, 0.25) is 0 Å². The predicted molar refractivity (Wildman–Crippen MR) is 85.3 cm³/mol. The highest BCUT2D eigenvalue weighted by Gasteiger charge is 2.13. The molecule has 2 rings (SSSR count). The molecule has 0 unspecified atom stereocenters. The van der Waals surface area contributed by atoms with Crippen molar-refractivity contribution in [2.24, 2.45) is 0 Å². The van der Waals surface area contributed by atoms with E-state index in [-0.39, 0.29) is 23.1 Å². The molecule has 0 atom stereocenters. The first-order chi connectivity index (χ1) is 10.5. The molecule has 2 aromatic rings. The number of nitro groups is 1. The Hall–Kier alpha value is -2.54. The maximum absolute atomic E-state index is 12.1. The van der Waals surface area contributed by atoms with Gasteiger partial charge < -0.3 is 10.0 Å². The lowest BCUT2D eigenvalue weighted by molar-refractivity contribution is -0.384. The zero-order valence-corrected chi connectivity index (χ0v) is 12.6. The smallest absolute Gasteiger partial charge is 0.269 e. The summed E-state index contributed by atoms with van der Waals surface area (Å²) in [6, 6.07) is 12.4. The van der Waals surface area contributed by atoms with Crippen LogP contribution < -0.4 is 4.90 Å². The Labute approximate surface area is 131 Å². The van der Waals surface area contributed by atoms with Crippen molar-refractivity contribution in [3.8, 4) is 5.75 Å². The van der Waals surface area contributed by atoms with Crippen molar-refractivity contribution in [1.29, 1.82) is 0 Å². The third-order valence-corrected chi connectivity index (χ3v) is 4.02. The summed E-state index contributed by atoms with van der Waals surface area (Å²) in [5, 5.41) is 19.8. The molecule has 0 aliphatic heterocycles. The minimum absolute atomic E-state index is 0.0110. The third kappa shape index (κ3) is 3.98. The van der Waals surface area contributed by atoms with Crippen LogP contribution >= 0.6 is 11.8 Å². The van der Waals surface area contributed by atoms with Crippen LogP contribution in [-0.4, -0.2) is 28.7 Å². The number of hydrogen-bond acceptors (Lipinski definition) is 5. The standard InChI is InChI=1S/C15H14N2O4S/c1-16(11-2-4-12(5-3-11)17(20)21)15(19)10-22-14-8-6-13(18)7-9-14/h2-9,18H,10H2,1H3. The van der Waals surface area contributed by atoms with E-state index in [1.165, 1.54) is 28.8 Å². The van der Waals surface area contributed by atoms with Gasteiger partial charge in [-0.15, -0.1) is 11.8 Å². The summed E-state index contributed by atoms with van der Waals surface area (Å²) in [7, 11) is 1.63. The number of thioether (sulfide) groups is 1. The van der Waals surface area contributed by atoms with E-state index in [9.17, 15) is 20.0 Å². The van der Waals surface area contributed by atoms with Gasteiger partial charge in [-0.2, -0.15) is 0 Å². The van der Waals surface area contributed by atoms with Gasteiger partial charge in [0.1, 0.15) is 5.75 Å². The predicted octanol–water partition coefficient (Wildman–Crippen LogP) is 3.06. The Balaban J connectivity index is 1.96. The van der Waals surface area contributed by atoms with Gasteiger partial charge >= 0.3 is 0 Å². The fourth-order valence-electron chi connectivity index (χ4n) is 1.73. The van der Waals surface area contributed by atoms with Gasteiger partial charge in [-0.3, -0.25) is 14.9 Å². The molecule has 0 fully saturated rings. The second-order valence-electron chi connectivity index (χ2n) is 4.51. The van der Waals surface area contributed by atoms with Gasteiger partial charge in [0.2, 0.25) is 5.91 Å². The fraction of sp³-hybridized carbons (Fsp3) is 0.133. The number of nitro benzene ring substituents is 1. The van der Waals surface area contributed by atoms with E-state index in [0.717, 1.165) is 4.90 Å². The number of aromatic hydroxyl groups is 1. The molecule has 0 aliphatic rings. The molecular formula is C15H14N2O4S. The quantitative estimate of drug-likeness (QED) is 0.520. The average molecular weight is 318 g/mol. The first kappa shape index (κ1) is 15.8. The lowest BCUT2D eigenvalue weighted by Gasteiger charge is -2.16. The van der Waals surface area contributed by atoms with Crippen LogP contribution in [0.15, 0.2) is 53.4 Å². The minimum atomic E-state index is -0.480. The van der Waals surface area contributed by atoms with E-state index in [1.807, 2.05) is 0 Å². The van der Waals surface area contributed by atoms with Crippen molar-refractivity contribution in [3.63, 3.8) is 0 Å². The SMILES string of the molecule is CN(C(=O)CSc1ccc(O)cc1)c1ccc([N+](=O)[O-])cc1. The van der Waals surface area contributed by atoms with Crippen LogP contribution in [0.5, 0.6) is 5.75 Å². The highest BCUT2D eigenvalue weighted by Crippen LogP contribution is 2.23. The summed E-state index contributed by atoms with van der Waals surface area (Å²) in [4.78, 5) is 24.6. The molecule has 1 N–H and O–H groups in total. The number of benzene rings is 2. The van der Waals surface area contributed by atoms with Gasteiger partial charge in [0.15, 0.2) is 0 Å². The number of rotatable bonds is 5. The monoisotopic (exact) mass is 318 g/mol. The molecule has 0 radical (unpaired) electrons. The molecule has 7 heteroatoms. The summed E-state index contributed by atoms with van der Waals surface area (Å²) in [6.07, 6.45) is 0. The number of anilines is 1. The number of non-ortho nitro benzene ring substituents is 1. The maximum Gasteiger partial charge on any atom is 0.269 e. The number of amides is 1. The zero-order valence-electron chi connectivity index (χ0n) is 11.8. The topological polar surface area (TPSA) is 83.7 Å². The Morgan fingerprint density at radius 2 is 1.77 bits per heavy atom. The lowest BCUT2D eigenvalue weighted by Crippen LogP contribution is -2.27. The molecule has 0 spiro atoms. The number of phenols is 1. The molecule has 1 amide bonds. The van der Waals surface area contributed by atoms with Crippen molar-refractivity contribution in [2.75, 3.05) is 17.7 Å². The van der Waals surface area contributed by atoms with Crippen LogP contribution in [0.4, 0.5) is 11.4 Å².